The van der Waals surface area contributed by atoms with Gasteiger partial charge in [-0.3, -0.25) is 9.69 Å². The van der Waals surface area contributed by atoms with Crippen LogP contribution in [0.25, 0.3) is 10.2 Å². The quantitative estimate of drug-likeness (QED) is 0.437. The van der Waals surface area contributed by atoms with Crippen molar-refractivity contribution in [2.45, 2.75) is 32.6 Å². The number of thiazole rings is 1. The minimum absolute atomic E-state index is 0.0185. The zero-order valence-electron chi connectivity index (χ0n) is 17.9. The van der Waals surface area contributed by atoms with Gasteiger partial charge in [0.25, 0.3) is 5.91 Å². The number of hydrogen-bond acceptors (Lipinski definition) is 5. The molecule has 0 spiro atoms. The second-order valence-electron chi connectivity index (χ2n) is 7.09. The van der Waals surface area contributed by atoms with Crippen LogP contribution in [0.3, 0.4) is 0 Å². The fraction of sp³-hybridized carbons (Fsp3) is 0.391. The molecule has 3 rings (SSSR count). The molecule has 0 saturated carbocycles. The number of aromatic nitrogens is 1. The van der Waals surface area contributed by atoms with Crippen LogP contribution in [0.15, 0.2) is 41.3 Å². The molecule has 0 fully saturated rings. The van der Waals surface area contributed by atoms with Crippen molar-refractivity contribution >= 4 is 44.4 Å². The first-order valence-corrected chi connectivity index (χ1v) is 12.1. The number of fused-ring (bicyclic) bond motifs is 1. The van der Waals surface area contributed by atoms with Crippen molar-refractivity contribution in [2.75, 3.05) is 37.3 Å². The fourth-order valence-corrected chi connectivity index (χ4v) is 4.93. The van der Waals surface area contributed by atoms with Crippen molar-refractivity contribution in [3.63, 3.8) is 0 Å². The highest BCUT2D eigenvalue weighted by Gasteiger charge is 2.22. The number of nitrogens with zero attached hydrogens (tertiary/aromatic N) is 3. The summed E-state index contributed by atoms with van der Waals surface area (Å²) in [4.78, 5) is 23.7. The Bertz CT molecular complexity index is 995. The van der Waals surface area contributed by atoms with Crippen molar-refractivity contribution in [1.29, 1.82) is 0 Å². The molecule has 0 unspecified atom stereocenters. The van der Waals surface area contributed by atoms with E-state index in [1.807, 2.05) is 23.1 Å². The summed E-state index contributed by atoms with van der Waals surface area (Å²) in [6.07, 6.45) is 2.06. The van der Waals surface area contributed by atoms with Crippen LogP contribution >= 0.6 is 23.1 Å². The number of amides is 1. The van der Waals surface area contributed by atoms with Gasteiger partial charge in [0.1, 0.15) is 0 Å². The lowest BCUT2D eigenvalue weighted by molar-refractivity contribution is 0.0983. The number of rotatable bonds is 8. The predicted octanol–water partition coefficient (Wildman–Crippen LogP) is 5.62. The summed E-state index contributed by atoms with van der Waals surface area (Å²) < 4.78 is 1.12. The van der Waals surface area contributed by atoms with Crippen LogP contribution in [-0.4, -0.2) is 48.2 Å². The molecule has 1 amide bonds. The van der Waals surface area contributed by atoms with Gasteiger partial charge in [0.2, 0.25) is 0 Å². The lowest BCUT2D eigenvalue weighted by atomic mass is 10.1. The average molecular weight is 428 g/mol. The summed E-state index contributed by atoms with van der Waals surface area (Å²) >= 11 is 3.28. The molecule has 1 heterocycles. The number of carbonyl (C=O) groups is 1. The van der Waals surface area contributed by atoms with Gasteiger partial charge in [0, 0.05) is 23.5 Å². The number of carbonyl (C=O) groups excluding carboxylic acids is 1. The van der Waals surface area contributed by atoms with Gasteiger partial charge in [0.15, 0.2) is 5.13 Å². The summed E-state index contributed by atoms with van der Waals surface area (Å²) in [6.45, 7) is 11.8. The van der Waals surface area contributed by atoms with Crippen LogP contribution in [0.2, 0.25) is 0 Å². The van der Waals surface area contributed by atoms with E-state index in [0.717, 1.165) is 51.0 Å². The number of aryl methyl sites for hydroxylation is 2. The van der Waals surface area contributed by atoms with Crippen LogP contribution in [-0.2, 0) is 0 Å². The Balaban J connectivity index is 2.00. The summed E-state index contributed by atoms with van der Waals surface area (Å²) in [7, 11) is 0. The third kappa shape index (κ3) is 4.82. The number of hydrogen-bond donors (Lipinski definition) is 0. The van der Waals surface area contributed by atoms with Gasteiger partial charge >= 0.3 is 0 Å². The summed E-state index contributed by atoms with van der Waals surface area (Å²) in [5, 5.41) is 0.775. The summed E-state index contributed by atoms with van der Waals surface area (Å²) in [5.41, 5.74) is 4.03. The van der Waals surface area contributed by atoms with Crippen molar-refractivity contribution in [3.8, 4) is 0 Å². The smallest absolute Gasteiger partial charge is 0.260 e. The van der Waals surface area contributed by atoms with Crippen LogP contribution in [0.4, 0.5) is 5.13 Å². The van der Waals surface area contributed by atoms with E-state index in [1.165, 1.54) is 5.56 Å². The average Bonchev–Trinajstić information content (AvgIpc) is 3.16. The van der Waals surface area contributed by atoms with Crippen molar-refractivity contribution in [1.82, 2.24) is 9.88 Å². The highest BCUT2D eigenvalue weighted by Crippen LogP contribution is 2.34. The van der Waals surface area contributed by atoms with Gasteiger partial charge in [-0.25, -0.2) is 4.98 Å². The Morgan fingerprint density at radius 2 is 1.83 bits per heavy atom. The minimum atomic E-state index is 0.0185. The maximum absolute atomic E-state index is 13.5. The Morgan fingerprint density at radius 1 is 1.07 bits per heavy atom. The van der Waals surface area contributed by atoms with Crippen LogP contribution < -0.4 is 4.90 Å². The number of anilines is 1. The monoisotopic (exact) mass is 427 g/mol. The zero-order chi connectivity index (χ0) is 21.0. The van der Waals surface area contributed by atoms with Gasteiger partial charge in [-0.05, 0) is 68.6 Å². The molecule has 0 atom stereocenters. The molecule has 1 aromatic heterocycles. The molecule has 0 N–H and O–H groups in total. The lowest BCUT2D eigenvalue weighted by Gasteiger charge is -2.25. The topological polar surface area (TPSA) is 36.4 Å². The molecule has 4 nitrogen and oxygen atoms in total. The molecular formula is C23H29N3OS2. The van der Waals surface area contributed by atoms with Gasteiger partial charge in [-0.2, -0.15) is 0 Å². The minimum Gasteiger partial charge on any atom is -0.302 e. The Morgan fingerprint density at radius 3 is 2.48 bits per heavy atom. The first kappa shape index (κ1) is 21.8. The molecule has 0 radical (unpaired) electrons. The Labute approximate surface area is 181 Å². The second kappa shape index (κ2) is 9.74. The highest BCUT2D eigenvalue weighted by atomic mass is 32.2. The van der Waals surface area contributed by atoms with Crippen molar-refractivity contribution in [3.05, 3.63) is 53.1 Å². The van der Waals surface area contributed by atoms with E-state index >= 15 is 0 Å². The van der Waals surface area contributed by atoms with Crippen molar-refractivity contribution < 1.29 is 4.79 Å². The van der Waals surface area contributed by atoms with Gasteiger partial charge in [-0.1, -0.05) is 37.3 Å². The lowest BCUT2D eigenvalue weighted by Crippen LogP contribution is -2.38. The summed E-state index contributed by atoms with van der Waals surface area (Å²) in [5.74, 6) is 0.0185. The first-order chi connectivity index (χ1) is 14.0. The van der Waals surface area contributed by atoms with E-state index in [9.17, 15) is 4.79 Å². The molecule has 3 aromatic rings. The van der Waals surface area contributed by atoms with E-state index in [2.05, 4.69) is 57.0 Å². The SMILES string of the molecule is CCN(CC)CCN(C(=O)c1ccc(C)c(C)c1)c1nc2c(SC)cccc2s1. The molecule has 0 aliphatic carbocycles. The van der Waals surface area contributed by atoms with Crippen LogP contribution in [0.5, 0.6) is 0 Å². The van der Waals surface area contributed by atoms with Crippen LogP contribution in [0.1, 0.15) is 35.3 Å². The van der Waals surface area contributed by atoms with E-state index < -0.39 is 0 Å². The largest absolute Gasteiger partial charge is 0.302 e. The van der Waals surface area contributed by atoms with E-state index in [1.54, 1.807) is 23.1 Å². The van der Waals surface area contributed by atoms with E-state index in [0.29, 0.717) is 6.54 Å². The molecule has 0 saturated heterocycles. The highest BCUT2D eigenvalue weighted by molar-refractivity contribution is 7.98. The third-order valence-electron chi connectivity index (χ3n) is 5.35. The normalized spacial score (nSPS) is 11.4. The van der Waals surface area contributed by atoms with E-state index in [4.69, 9.17) is 4.98 Å². The standard InChI is InChI=1S/C23H29N3OS2/c1-6-25(7-2)13-14-26(22(27)18-12-11-16(3)17(4)15-18)23-24-21-19(28-5)9-8-10-20(21)29-23/h8-12,15H,6-7,13-14H2,1-5H3. The van der Waals surface area contributed by atoms with Gasteiger partial charge in [-0.15, -0.1) is 11.8 Å². The Hall–Kier alpha value is -1.89. The van der Waals surface area contributed by atoms with Gasteiger partial charge in [0.05, 0.1) is 10.2 Å². The molecule has 0 bridgehead atoms. The number of likely N-dealkylation sites (N-methyl/N-ethyl adjacent to an activating group) is 1. The Kier molecular flexibility index (Phi) is 7.33. The van der Waals surface area contributed by atoms with E-state index in [-0.39, 0.29) is 5.91 Å². The molecular weight excluding hydrogens is 398 g/mol. The first-order valence-electron chi connectivity index (χ1n) is 10.0. The van der Waals surface area contributed by atoms with Crippen molar-refractivity contribution in [2.24, 2.45) is 0 Å². The number of benzene rings is 2. The molecule has 0 aliphatic heterocycles. The maximum atomic E-state index is 13.5. The number of thioether (sulfide) groups is 1. The summed E-state index contributed by atoms with van der Waals surface area (Å²) in [6, 6.07) is 12.2. The molecule has 6 heteroatoms. The number of para-hydroxylation sites is 1. The fourth-order valence-electron chi connectivity index (χ4n) is 3.29. The van der Waals surface area contributed by atoms with Gasteiger partial charge < -0.3 is 4.90 Å². The third-order valence-corrected chi connectivity index (χ3v) is 7.17. The maximum Gasteiger partial charge on any atom is 0.260 e. The second-order valence-corrected chi connectivity index (χ2v) is 8.94. The molecule has 2 aromatic carbocycles. The predicted molar refractivity (Wildman–Crippen MR) is 127 cm³/mol. The zero-order valence-corrected chi connectivity index (χ0v) is 19.5. The molecule has 154 valence electrons. The molecule has 0 aliphatic rings. The van der Waals surface area contributed by atoms with Crippen LogP contribution in [0, 0.1) is 13.8 Å². The molecule has 29 heavy (non-hydrogen) atoms.